The Kier molecular flexibility index (Phi) is 6.34. The number of nitrogens with two attached hydrogens (primary N) is 1. The number of hydrogen-bond acceptors (Lipinski definition) is 4. The zero-order valence-electron chi connectivity index (χ0n) is 11.5. The maximum Gasteiger partial charge on any atom is 0.321 e. The first-order valence-corrected chi connectivity index (χ1v) is 7.75. The first kappa shape index (κ1) is 18.1. The van der Waals surface area contributed by atoms with E-state index in [1.54, 1.807) is 32.0 Å². The molecule has 116 valence electrons. The molecule has 0 fully saturated rings. The Bertz CT molecular complexity index is 532. The summed E-state index contributed by atoms with van der Waals surface area (Å²) >= 11 is 13.1. The number of halogens is 2. The van der Waals surface area contributed by atoms with Crippen LogP contribution in [-0.4, -0.2) is 33.5 Å². The van der Waals surface area contributed by atoms with Crippen molar-refractivity contribution in [3.8, 4) is 0 Å². The van der Waals surface area contributed by atoms with Gasteiger partial charge in [0.2, 0.25) is 5.91 Å². The summed E-state index contributed by atoms with van der Waals surface area (Å²) in [7, 11) is 0. The lowest BCUT2D eigenvalue weighted by Gasteiger charge is -2.27. The first-order chi connectivity index (χ1) is 9.65. The molecule has 1 atom stereocenters. The van der Waals surface area contributed by atoms with Crippen LogP contribution in [0.15, 0.2) is 18.2 Å². The van der Waals surface area contributed by atoms with Crippen LogP contribution in [-0.2, 0) is 9.59 Å². The number of carboxylic acids is 1. The Hall–Kier alpha value is -0.950. The number of carbonyl (C=O) groups is 2. The van der Waals surface area contributed by atoms with Gasteiger partial charge >= 0.3 is 5.97 Å². The van der Waals surface area contributed by atoms with E-state index in [1.807, 2.05) is 0 Å². The molecule has 1 aromatic carbocycles. The fraction of sp³-hybridized carbons (Fsp3) is 0.385. The smallest absolute Gasteiger partial charge is 0.321 e. The monoisotopic (exact) mass is 350 g/mol. The number of aliphatic carboxylic acids is 1. The van der Waals surface area contributed by atoms with Gasteiger partial charge in [0, 0.05) is 4.75 Å². The number of benzene rings is 1. The van der Waals surface area contributed by atoms with Crippen molar-refractivity contribution in [3.63, 3.8) is 0 Å². The highest BCUT2D eigenvalue weighted by Gasteiger charge is 2.33. The maximum absolute atomic E-state index is 11.9. The molecule has 0 saturated heterocycles. The van der Waals surface area contributed by atoms with Crippen molar-refractivity contribution in [1.29, 1.82) is 0 Å². The molecule has 0 aliphatic heterocycles. The van der Waals surface area contributed by atoms with Gasteiger partial charge in [-0.1, -0.05) is 29.3 Å². The van der Waals surface area contributed by atoms with Gasteiger partial charge in [0.15, 0.2) is 0 Å². The van der Waals surface area contributed by atoms with Gasteiger partial charge in [-0.15, -0.1) is 11.8 Å². The molecular formula is C13H16Cl2N2O3S. The number of hydrogen-bond donors (Lipinski definition) is 3. The maximum atomic E-state index is 11.9. The van der Waals surface area contributed by atoms with Gasteiger partial charge in [-0.05, 0) is 26.0 Å². The Balaban J connectivity index is 2.65. The third kappa shape index (κ3) is 5.07. The minimum Gasteiger partial charge on any atom is -0.480 e. The Morgan fingerprint density at radius 3 is 2.38 bits per heavy atom. The SMILES string of the molecule is CC(C)(SCC(=O)Nc1c(Cl)cccc1Cl)[C@H](N)C(=O)O. The normalized spacial score (nSPS) is 12.8. The minimum atomic E-state index is -1.11. The van der Waals surface area contributed by atoms with Crippen molar-refractivity contribution in [1.82, 2.24) is 0 Å². The molecule has 0 radical (unpaired) electrons. The summed E-state index contributed by atoms with van der Waals surface area (Å²) in [6.07, 6.45) is 0. The minimum absolute atomic E-state index is 0.0372. The van der Waals surface area contributed by atoms with Crippen molar-refractivity contribution in [3.05, 3.63) is 28.2 Å². The van der Waals surface area contributed by atoms with Gasteiger partial charge in [0.05, 0.1) is 21.5 Å². The van der Waals surface area contributed by atoms with Crippen LogP contribution in [0.5, 0.6) is 0 Å². The van der Waals surface area contributed by atoms with Crippen molar-refractivity contribution >= 4 is 52.5 Å². The van der Waals surface area contributed by atoms with Crippen molar-refractivity contribution < 1.29 is 14.7 Å². The molecule has 21 heavy (non-hydrogen) atoms. The van der Waals surface area contributed by atoms with E-state index in [9.17, 15) is 9.59 Å². The summed E-state index contributed by atoms with van der Waals surface area (Å²) in [6.45, 7) is 3.35. The topological polar surface area (TPSA) is 92.4 Å². The van der Waals surface area contributed by atoms with Gasteiger partial charge in [-0.3, -0.25) is 9.59 Å². The van der Waals surface area contributed by atoms with Gasteiger partial charge < -0.3 is 16.2 Å². The number of carboxylic acid groups (broad SMARTS) is 1. The summed E-state index contributed by atoms with van der Waals surface area (Å²) in [4.78, 5) is 22.8. The van der Waals surface area contributed by atoms with Gasteiger partial charge in [-0.25, -0.2) is 0 Å². The molecule has 0 heterocycles. The molecule has 1 amide bonds. The molecule has 0 saturated carbocycles. The third-order valence-corrected chi connectivity index (χ3v) is 4.85. The number of carbonyl (C=O) groups excluding carboxylic acids is 1. The number of rotatable bonds is 6. The fourth-order valence-corrected chi connectivity index (χ4v) is 2.78. The van der Waals surface area contributed by atoms with Gasteiger partial charge in [0.1, 0.15) is 6.04 Å². The van der Waals surface area contributed by atoms with Crippen molar-refractivity contribution in [2.75, 3.05) is 11.1 Å². The summed E-state index contributed by atoms with van der Waals surface area (Å²) in [5.41, 5.74) is 5.93. The van der Waals surface area contributed by atoms with Crippen LogP contribution >= 0.6 is 35.0 Å². The molecule has 1 aromatic rings. The molecule has 8 heteroatoms. The first-order valence-electron chi connectivity index (χ1n) is 6.01. The summed E-state index contributed by atoms with van der Waals surface area (Å²) in [5, 5.41) is 12.2. The van der Waals surface area contributed by atoms with Crippen LogP contribution in [0.3, 0.4) is 0 Å². The zero-order chi connectivity index (χ0) is 16.2. The van der Waals surface area contributed by atoms with Crippen LogP contribution < -0.4 is 11.1 Å². The number of amides is 1. The van der Waals surface area contributed by atoms with Crippen LogP contribution in [0.4, 0.5) is 5.69 Å². The molecule has 1 rings (SSSR count). The van der Waals surface area contributed by atoms with Crippen LogP contribution in [0.2, 0.25) is 10.0 Å². The largest absolute Gasteiger partial charge is 0.480 e. The van der Waals surface area contributed by atoms with E-state index in [0.717, 1.165) is 11.8 Å². The summed E-state index contributed by atoms with van der Waals surface area (Å²) in [5.74, 6) is -1.40. The van der Waals surface area contributed by atoms with E-state index in [-0.39, 0.29) is 11.7 Å². The van der Waals surface area contributed by atoms with E-state index in [4.69, 9.17) is 34.0 Å². The van der Waals surface area contributed by atoms with E-state index in [2.05, 4.69) is 5.32 Å². The summed E-state index contributed by atoms with van der Waals surface area (Å²) < 4.78 is -0.784. The highest BCUT2D eigenvalue weighted by atomic mass is 35.5. The molecule has 0 aliphatic rings. The second-order valence-electron chi connectivity index (χ2n) is 4.85. The number of nitrogens with one attached hydrogen (secondary N) is 1. The van der Waals surface area contributed by atoms with E-state index < -0.39 is 16.8 Å². The molecule has 0 spiro atoms. The lowest BCUT2D eigenvalue weighted by atomic mass is 10.1. The molecule has 5 nitrogen and oxygen atoms in total. The number of thioether (sulfide) groups is 1. The number of anilines is 1. The van der Waals surface area contributed by atoms with E-state index in [0.29, 0.717) is 15.7 Å². The quantitative estimate of drug-likeness (QED) is 0.733. The average Bonchev–Trinajstić information content (AvgIpc) is 2.40. The Morgan fingerprint density at radius 2 is 1.90 bits per heavy atom. The fourth-order valence-electron chi connectivity index (χ4n) is 1.43. The number of para-hydroxylation sites is 1. The van der Waals surface area contributed by atoms with Crippen LogP contribution in [0, 0.1) is 0 Å². The van der Waals surface area contributed by atoms with Gasteiger partial charge in [0.25, 0.3) is 0 Å². The molecule has 4 N–H and O–H groups in total. The average molecular weight is 351 g/mol. The highest BCUT2D eigenvalue weighted by Crippen LogP contribution is 2.31. The van der Waals surface area contributed by atoms with E-state index >= 15 is 0 Å². The molecule has 0 unspecified atom stereocenters. The van der Waals surface area contributed by atoms with Crippen molar-refractivity contribution in [2.45, 2.75) is 24.6 Å². The lowest BCUT2D eigenvalue weighted by Crippen LogP contribution is -2.47. The lowest BCUT2D eigenvalue weighted by molar-refractivity contribution is -0.139. The molecule has 0 bridgehead atoms. The Labute approximate surface area is 137 Å². The predicted molar refractivity (Wildman–Crippen MR) is 87.2 cm³/mol. The van der Waals surface area contributed by atoms with E-state index in [1.165, 1.54) is 0 Å². The molecule has 0 aliphatic carbocycles. The second-order valence-corrected chi connectivity index (χ2v) is 7.30. The predicted octanol–water partition coefficient (Wildman–Crippen LogP) is 2.86. The van der Waals surface area contributed by atoms with Crippen molar-refractivity contribution in [2.24, 2.45) is 5.73 Å². The Morgan fingerprint density at radius 1 is 1.38 bits per heavy atom. The van der Waals surface area contributed by atoms with Gasteiger partial charge in [-0.2, -0.15) is 0 Å². The second kappa shape index (κ2) is 7.35. The third-order valence-electron chi connectivity index (χ3n) is 2.82. The molecular weight excluding hydrogens is 335 g/mol. The highest BCUT2D eigenvalue weighted by molar-refractivity contribution is 8.01. The zero-order valence-corrected chi connectivity index (χ0v) is 13.9. The van der Waals surface area contributed by atoms with Crippen LogP contribution in [0.1, 0.15) is 13.8 Å². The molecule has 0 aromatic heterocycles. The van der Waals surface area contributed by atoms with Crippen LogP contribution in [0.25, 0.3) is 0 Å². The summed E-state index contributed by atoms with van der Waals surface area (Å²) in [6, 6.07) is 3.82. The standard InChI is InChI=1S/C13H16Cl2N2O3S/c1-13(2,11(16)12(19)20)21-6-9(18)17-10-7(14)4-3-5-8(10)15/h3-5,11H,6,16H2,1-2H3,(H,17,18)(H,19,20)/t11-/m1/s1.